The number of benzene rings is 1. The van der Waals surface area contributed by atoms with Crippen LogP contribution in [0.3, 0.4) is 0 Å². The van der Waals surface area contributed by atoms with E-state index in [-0.39, 0.29) is 5.69 Å². The Balaban J connectivity index is 2.05. The summed E-state index contributed by atoms with van der Waals surface area (Å²) in [5, 5.41) is 3.84. The molecule has 1 aromatic carbocycles. The molecule has 1 aromatic heterocycles. The molecule has 0 fully saturated rings. The molecule has 17 heavy (non-hydrogen) atoms. The lowest BCUT2D eigenvalue weighted by Gasteiger charge is -2.01. The molecule has 0 spiro atoms. The Morgan fingerprint density at radius 1 is 1.12 bits per heavy atom. The summed E-state index contributed by atoms with van der Waals surface area (Å²) in [6.07, 6.45) is 4.77. The molecule has 0 radical (unpaired) electrons. The van der Waals surface area contributed by atoms with Crippen LogP contribution in [0.1, 0.15) is 5.56 Å². The minimum Gasteiger partial charge on any atom is -0.276 e. The average Bonchev–Trinajstić information content (AvgIpc) is 2.33. The van der Waals surface area contributed by atoms with E-state index in [9.17, 15) is 8.78 Å². The summed E-state index contributed by atoms with van der Waals surface area (Å²) in [7, 11) is 0. The van der Waals surface area contributed by atoms with Gasteiger partial charge in [0.2, 0.25) is 0 Å². The number of anilines is 1. The van der Waals surface area contributed by atoms with Crippen LogP contribution in [0, 0.1) is 11.6 Å². The molecule has 1 heterocycles. The molecule has 2 aromatic rings. The number of nitrogens with zero attached hydrogens (tertiary/aromatic N) is 2. The van der Waals surface area contributed by atoms with Crippen molar-refractivity contribution < 1.29 is 8.78 Å². The summed E-state index contributed by atoms with van der Waals surface area (Å²) in [5.41, 5.74) is 3.45. The third-order valence-corrected chi connectivity index (χ3v) is 2.04. The smallest absolute Gasteiger partial charge is 0.151 e. The maximum atomic E-state index is 13.2. The van der Waals surface area contributed by atoms with Gasteiger partial charge in [0.15, 0.2) is 5.82 Å². The number of rotatable bonds is 3. The standard InChI is InChI=1S/C12H9F2N3/c13-10-1-2-12(11(14)7-10)17-16-8-9-3-5-15-6-4-9/h1-8,17H/b16-8+. The predicted octanol–water partition coefficient (Wildman–Crippen LogP) is 2.81. The third kappa shape index (κ3) is 3.07. The molecule has 1 N–H and O–H groups in total. The summed E-state index contributed by atoms with van der Waals surface area (Å²) < 4.78 is 25.8. The molecule has 0 aliphatic rings. The maximum absolute atomic E-state index is 13.2. The highest BCUT2D eigenvalue weighted by Crippen LogP contribution is 2.14. The van der Waals surface area contributed by atoms with Gasteiger partial charge < -0.3 is 0 Å². The van der Waals surface area contributed by atoms with Crippen molar-refractivity contribution in [2.45, 2.75) is 0 Å². The van der Waals surface area contributed by atoms with Gasteiger partial charge in [0.05, 0.1) is 11.9 Å². The van der Waals surface area contributed by atoms with Crippen LogP contribution in [-0.4, -0.2) is 11.2 Å². The van der Waals surface area contributed by atoms with E-state index in [2.05, 4.69) is 15.5 Å². The van der Waals surface area contributed by atoms with Crippen molar-refractivity contribution in [1.82, 2.24) is 4.98 Å². The van der Waals surface area contributed by atoms with Gasteiger partial charge in [-0.2, -0.15) is 5.10 Å². The highest BCUT2D eigenvalue weighted by molar-refractivity contribution is 5.79. The number of pyridine rings is 1. The normalized spacial score (nSPS) is 10.7. The van der Waals surface area contributed by atoms with Crippen LogP contribution < -0.4 is 5.43 Å². The summed E-state index contributed by atoms with van der Waals surface area (Å²) in [6, 6.07) is 6.75. The Bertz CT molecular complexity index is 527. The van der Waals surface area contributed by atoms with E-state index in [0.29, 0.717) is 0 Å². The van der Waals surface area contributed by atoms with Gasteiger partial charge in [-0.15, -0.1) is 0 Å². The van der Waals surface area contributed by atoms with Crippen molar-refractivity contribution in [2.24, 2.45) is 5.10 Å². The molecule has 0 aliphatic carbocycles. The first-order valence-corrected chi connectivity index (χ1v) is 4.90. The first-order valence-electron chi connectivity index (χ1n) is 4.90. The van der Waals surface area contributed by atoms with Gasteiger partial charge in [0, 0.05) is 18.5 Å². The molecule has 0 bridgehead atoms. The van der Waals surface area contributed by atoms with Crippen molar-refractivity contribution in [3.8, 4) is 0 Å². The molecule has 2 rings (SSSR count). The van der Waals surface area contributed by atoms with Crippen molar-refractivity contribution in [1.29, 1.82) is 0 Å². The maximum Gasteiger partial charge on any atom is 0.151 e. The molecule has 0 saturated heterocycles. The van der Waals surface area contributed by atoms with Crippen LogP contribution in [0.4, 0.5) is 14.5 Å². The molecular weight excluding hydrogens is 224 g/mol. The molecule has 0 unspecified atom stereocenters. The number of nitrogens with one attached hydrogen (secondary N) is 1. The predicted molar refractivity (Wildman–Crippen MR) is 61.8 cm³/mol. The minimum atomic E-state index is -0.683. The van der Waals surface area contributed by atoms with Crippen LogP contribution in [-0.2, 0) is 0 Å². The lowest BCUT2D eigenvalue weighted by Crippen LogP contribution is -1.94. The third-order valence-electron chi connectivity index (χ3n) is 2.04. The van der Waals surface area contributed by atoms with Crippen molar-refractivity contribution >= 4 is 11.9 Å². The monoisotopic (exact) mass is 233 g/mol. The number of hydrogen-bond donors (Lipinski definition) is 1. The van der Waals surface area contributed by atoms with Gasteiger partial charge in [-0.25, -0.2) is 8.78 Å². The van der Waals surface area contributed by atoms with Crippen molar-refractivity contribution in [3.05, 3.63) is 59.9 Å². The summed E-state index contributed by atoms with van der Waals surface area (Å²) in [5.74, 6) is -1.30. The molecule has 0 aliphatic heterocycles. The van der Waals surface area contributed by atoms with E-state index in [1.165, 1.54) is 12.3 Å². The fourth-order valence-electron chi connectivity index (χ4n) is 1.21. The topological polar surface area (TPSA) is 37.3 Å². The molecule has 86 valence electrons. The Labute approximate surface area is 96.8 Å². The molecule has 0 atom stereocenters. The van der Waals surface area contributed by atoms with Gasteiger partial charge in [-0.05, 0) is 29.8 Å². The van der Waals surface area contributed by atoms with Crippen molar-refractivity contribution in [3.63, 3.8) is 0 Å². The minimum absolute atomic E-state index is 0.122. The van der Waals surface area contributed by atoms with Gasteiger partial charge >= 0.3 is 0 Å². The fourth-order valence-corrected chi connectivity index (χ4v) is 1.21. The SMILES string of the molecule is Fc1ccc(N/N=C/c2ccncc2)c(F)c1. The quantitative estimate of drug-likeness (QED) is 0.653. The van der Waals surface area contributed by atoms with E-state index in [4.69, 9.17) is 0 Å². The summed E-state index contributed by atoms with van der Waals surface area (Å²) in [4.78, 5) is 3.85. The van der Waals surface area contributed by atoms with Crippen LogP contribution in [0.5, 0.6) is 0 Å². The zero-order valence-corrected chi connectivity index (χ0v) is 8.77. The average molecular weight is 233 g/mol. The Kier molecular flexibility index (Phi) is 3.40. The molecule has 3 nitrogen and oxygen atoms in total. The first-order chi connectivity index (χ1) is 8.25. The number of hydrogen-bond acceptors (Lipinski definition) is 3. The van der Waals surface area contributed by atoms with Crippen LogP contribution in [0.2, 0.25) is 0 Å². The fraction of sp³-hybridized carbons (Fsp3) is 0. The lowest BCUT2D eigenvalue weighted by molar-refractivity contribution is 0.585. The zero-order valence-electron chi connectivity index (χ0n) is 8.77. The molecule has 0 saturated carbocycles. The second-order valence-electron chi connectivity index (χ2n) is 3.27. The molecule has 5 heteroatoms. The summed E-state index contributed by atoms with van der Waals surface area (Å²) in [6.45, 7) is 0. The van der Waals surface area contributed by atoms with E-state index in [1.54, 1.807) is 24.5 Å². The Morgan fingerprint density at radius 3 is 2.59 bits per heavy atom. The van der Waals surface area contributed by atoms with Gasteiger partial charge in [-0.1, -0.05) is 0 Å². The second-order valence-corrected chi connectivity index (χ2v) is 3.27. The van der Waals surface area contributed by atoms with Crippen LogP contribution in [0.15, 0.2) is 47.8 Å². The highest BCUT2D eigenvalue weighted by atomic mass is 19.1. The zero-order chi connectivity index (χ0) is 12.1. The van der Waals surface area contributed by atoms with Crippen molar-refractivity contribution in [2.75, 3.05) is 5.43 Å². The summed E-state index contributed by atoms with van der Waals surface area (Å²) >= 11 is 0. The van der Waals surface area contributed by atoms with Gasteiger partial charge in [0.1, 0.15) is 5.82 Å². The lowest BCUT2D eigenvalue weighted by atomic mass is 10.3. The Morgan fingerprint density at radius 2 is 1.88 bits per heavy atom. The largest absolute Gasteiger partial charge is 0.276 e. The Hall–Kier alpha value is -2.30. The van der Waals surface area contributed by atoms with E-state index in [0.717, 1.165) is 17.7 Å². The highest BCUT2D eigenvalue weighted by Gasteiger charge is 2.01. The second kappa shape index (κ2) is 5.16. The van der Waals surface area contributed by atoms with E-state index in [1.807, 2.05) is 0 Å². The molecular formula is C12H9F2N3. The first kappa shape index (κ1) is 11.2. The van der Waals surface area contributed by atoms with E-state index < -0.39 is 11.6 Å². The number of halogens is 2. The van der Waals surface area contributed by atoms with E-state index >= 15 is 0 Å². The van der Waals surface area contributed by atoms with Gasteiger partial charge in [-0.3, -0.25) is 10.4 Å². The molecule has 0 amide bonds. The van der Waals surface area contributed by atoms with Crippen LogP contribution in [0.25, 0.3) is 0 Å². The van der Waals surface area contributed by atoms with Gasteiger partial charge in [0.25, 0.3) is 0 Å². The van der Waals surface area contributed by atoms with Crippen LogP contribution >= 0.6 is 0 Å². The number of aromatic nitrogens is 1. The number of hydrazone groups is 1.